The van der Waals surface area contributed by atoms with Gasteiger partial charge in [-0.05, 0) is 50.2 Å². The molecular weight excluding hydrogens is 326 g/mol. The predicted octanol–water partition coefficient (Wildman–Crippen LogP) is 3.66. The second-order valence-electron chi connectivity index (χ2n) is 6.26. The summed E-state index contributed by atoms with van der Waals surface area (Å²) in [6, 6.07) is 17.2. The molecule has 0 saturated carbocycles. The highest BCUT2D eigenvalue weighted by molar-refractivity contribution is 6.04. The van der Waals surface area contributed by atoms with Crippen LogP contribution in [0, 0.1) is 13.8 Å². The summed E-state index contributed by atoms with van der Waals surface area (Å²) in [7, 11) is 0. The maximum Gasteiger partial charge on any atom is 0.255 e. The summed E-state index contributed by atoms with van der Waals surface area (Å²) in [5, 5.41) is 15.2. The van der Waals surface area contributed by atoms with Gasteiger partial charge in [-0.25, -0.2) is 0 Å². The molecule has 1 N–H and O–H groups in total. The van der Waals surface area contributed by atoms with E-state index in [1.165, 1.54) is 0 Å². The fourth-order valence-electron chi connectivity index (χ4n) is 2.92. The van der Waals surface area contributed by atoms with Gasteiger partial charge in [0.05, 0.1) is 5.69 Å². The Balaban J connectivity index is 1.54. The number of carbonyl (C=O) groups is 1. The molecular formula is C20H17N5O. The Morgan fingerprint density at radius 1 is 0.962 bits per heavy atom. The van der Waals surface area contributed by atoms with E-state index in [4.69, 9.17) is 0 Å². The van der Waals surface area contributed by atoms with E-state index >= 15 is 0 Å². The topological polar surface area (TPSA) is 72.2 Å². The summed E-state index contributed by atoms with van der Waals surface area (Å²) < 4.78 is 1.63. The van der Waals surface area contributed by atoms with E-state index in [9.17, 15) is 4.79 Å². The standard InChI is InChI=1S/C20H17N5O/c1-13-9-14(2)11-16(10-13)20(26)22-17-5-3-15(4-6-17)18-7-8-19-23-21-12-25(19)24-18/h3-12H,1-2H3,(H,22,26). The van der Waals surface area contributed by atoms with E-state index in [2.05, 4.69) is 20.6 Å². The van der Waals surface area contributed by atoms with E-state index in [0.29, 0.717) is 11.2 Å². The van der Waals surface area contributed by atoms with E-state index in [0.717, 1.165) is 28.1 Å². The maximum atomic E-state index is 12.4. The Morgan fingerprint density at radius 3 is 2.42 bits per heavy atom. The molecule has 128 valence electrons. The number of amides is 1. The van der Waals surface area contributed by atoms with Gasteiger partial charge in [-0.2, -0.15) is 9.61 Å². The van der Waals surface area contributed by atoms with Gasteiger partial charge in [0.15, 0.2) is 5.65 Å². The quantitative estimate of drug-likeness (QED) is 0.616. The maximum absolute atomic E-state index is 12.4. The van der Waals surface area contributed by atoms with Crippen molar-refractivity contribution in [2.45, 2.75) is 13.8 Å². The number of aryl methyl sites for hydroxylation is 2. The number of fused-ring (bicyclic) bond motifs is 1. The number of rotatable bonds is 3. The van der Waals surface area contributed by atoms with E-state index < -0.39 is 0 Å². The fraction of sp³-hybridized carbons (Fsp3) is 0.100. The molecule has 6 nitrogen and oxygen atoms in total. The lowest BCUT2D eigenvalue weighted by Crippen LogP contribution is -2.12. The summed E-state index contributed by atoms with van der Waals surface area (Å²) >= 11 is 0. The molecule has 4 aromatic rings. The lowest BCUT2D eigenvalue weighted by atomic mass is 10.1. The summed E-state index contributed by atoms with van der Waals surface area (Å²) in [5.41, 5.74) is 6.00. The highest BCUT2D eigenvalue weighted by Gasteiger charge is 2.08. The molecule has 0 unspecified atom stereocenters. The van der Waals surface area contributed by atoms with Gasteiger partial charge in [0.1, 0.15) is 6.33 Å². The van der Waals surface area contributed by atoms with Crippen molar-refractivity contribution in [3.8, 4) is 11.3 Å². The molecule has 0 bridgehead atoms. The highest BCUT2D eigenvalue weighted by Crippen LogP contribution is 2.20. The SMILES string of the molecule is Cc1cc(C)cc(C(=O)Nc2ccc(-c3ccc4nncn4n3)cc2)c1. The van der Waals surface area contributed by atoms with Crippen LogP contribution in [-0.2, 0) is 0 Å². The smallest absolute Gasteiger partial charge is 0.255 e. The first-order chi connectivity index (χ1) is 12.6. The Hall–Kier alpha value is -3.54. The van der Waals surface area contributed by atoms with Gasteiger partial charge in [0, 0.05) is 16.8 Å². The number of nitrogens with one attached hydrogen (secondary N) is 1. The Morgan fingerprint density at radius 2 is 1.69 bits per heavy atom. The van der Waals surface area contributed by atoms with Crippen LogP contribution in [0.5, 0.6) is 0 Å². The number of benzene rings is 2. The second-order valence-corrected chi connectivity index (χ2v) is 6.26. The van der Waals surface area contributed by atoms with Crippen LogP contribution in [0.3, 0.4) is 0 Å². The van der Waals surface area contributed by atoms with Gasteiger partial charge in [-0.3, -0.25) is 4.79 Å². The second kappa shape index (κ2) is 6.40. The average Bonchev–Trinajstić information content (AvgIpc) is 3.09. The molecule has 4 rings (SSSR count). The number of hydrogen-bond acceptors (Lipinski definition) is 4. The van der Waals surface area contributed by atoms with Crippen LogP contribution in [0.15, 0.2) is 60.9 Å². The first-order valence-electron chi connectivity index (χ1n) is 8.26. The van der Waals surface area contributed by atoms with Crippen LogP contribution in [0.25, 0.3) is 16.9 Å². The van der Waals surface area contributed by atoms with E-state index in [1.54, 1.807) is 10.8 Å². The minimum atomic E-state index is -0.117. The summed E-state index contributed by atoms with van der Waals surface area (Å²) in [5.74, 6) is -0.117. The molecule has 0 aliphatic carbocycles. The van der Waals surface area contributed by atoms with Crippen LogP contribution < -0.4 is 5.32 Å². The molecule has 0 aliphatic rings. The highest BCUT2D eigenvalue weighted by atomic mass is 16.1. The zero-order valence-electron chi connectivity index (χ0n) is 14.5. The Labute approximate surface area is 150 Å². The first-order valence-corrected chi connectivity index (χ1v) is 8.26. The van der Waals surface area contributed by atoms with E-state index in [1.807, 2.05) is 68.4 Å². The van der Waals surface area contributed by atoms with Crippen molar-refractivity contribution in [2.75, 3.05) is 5.32 Å². The minimum Gasteiger partial charge on any atom is -0.322 e. The number of carbonyl (C=O) groups excluding carboxylic acids is 1. The molecule has 2 aromatic heterocycles. The third-order valence-corrected chi connectivity index (χ3v) is 4.08. The Bertz CT molecular complexity index is 1080. The molecule has 2 heterocycles. The van der Waals surface area contributed by atoms with Crippen LogP contribution in [0.4, 0.5) is 5.69 Å². The van der Waals surface area contributed by atoms with Crippen molar-refractivity contribution < 1.29 is 4.79 Å². The molecule has 26 heavy (non-hydrogen) atoms. The molecule has 0 aliphatic heterocycles. The van der Waals surface area contributed by atoms with Crippen molar-refractivity contribution in [1.82, 2.24) is 19.8 Å². The minimum absolute atomic E-state index is 0.117. The summed E-state index contributed by atoms with van der Waals surface area (Å²) in [6.07, 6.45) is 1.57. The normalized spacial score (nSPS) is 10.8. The molecule has 0 fully saturated rings. The van der Waals surface area contributed by atoms with Crippen LogP contribution in [-0.4, -0.2) is 25.7 Å². The van der Waals surface area contributed by atoms with Crippen LogP contribution in [0.1, 0.15) is 21.5 Å². The molecule has 1 amide bonds. The van der Waals surface area contributed by atoms with Crippen molar-refractivity contribution in [1.29, 1.82) is 0 Å². The monoisotopic (exact) mass is 343 g/mol. The molecule has 0 atom stereocenters. The van der Waals surface area contributed by atoms with Crippen LogP contribution in [0.2, 0.25) is 0 Å². The molecule has 0 spiro atoms. The number of aromatic nitrogens is 4. The van der Waals surface area contributed by atoms with E-state index in [-0.39, 0.29) is 5.91 Å². The van der Waals surface area contributed by atoms with Gasteiger partial charge in [-0.1, -0.05) is 29.3 Å². The zero-order chi connectivity index (χ0) is 18.1. The fourth-order valence-corrected chi connectivity index (χ4v) is 2.92. The lowest BCUT2D eigenvalue weighted by Gasteiger charge is -2.08. The average molecular weight is 343 g/mol. The third kappa shape index (κ3) is 3.17. The van der Waals surface area contributed by atoms with Gasteiger partial charge < -0.3 is 5.32 Å². The molecule has 0 saturated heterocycles. The largest absolute Gasteiger partial charge is 0.322 e. The first kappa shape index (κ1) is 16.0. The number of nitrogens with zero attached hydrogens (tertiary/aromatic N) is 4. The van der Waals surface area contributed by atoms with Gasteiger partial charge in [0.2, 0.25) is 0 Å². The summed E-state index contributed by atoms with van der Waals surface area (Å²) in [4.78, 5) is 12.4. The molecule has 2 aromatic carbocycles. The van der Waals surface area contributed by atoms with Crippen LogP contribution >= 0.6 is 0 Å². The summed E-state index contributed by atoms with van der Waals surface area (Å²) in [6.45, 7) is 3.97. The lowest BCUT2D eigenvalue weighted by molar-refractivity contribution is 0.102. The van der Waals surface area contributed by atoms with Crippen molar-refractivity contribution >= 4 is 17.2 Å². The van der Waals surface area contributed by atoms with Gasteiger partial charge in [-0.15, -0.1) is 10.2 Å². The Kier molecular flexibility index (Phi) is 3.93. The number of hydrogen-bond donors (Lipinski definition) is 1. The van der Waals surface area contributed by atoms with Crippen molar-refractivity contribution in [2.24, 2.45) is 0 Å². The van der Waals surface area contributed by atoms with Gasteiger partial charge in [0.25, 0.3) is 5.91 Å². The van der Waals surface area contributed by atoms with Gasteiger partial charge >= 0.3 is 0 Å². The molecule has 0 radical (unpaired) electrons. The predicted molar refractivity (Wildman–Crippen MR) is 100 cm³/mol. The van der Waals surface area contributed by atoms with Crippen molar-refractivity contribution in [3.63, 3.8) is 0 Å². The molecule has 6 heteroatoms. The number of anilines is 1. The van der Waals surface area contributed by atoms with Crippen molar-refractivity contribution in [3.05, 3.63) is 77.6 Å². The third-order valence-electron chi connectivity index (χ3n) is 4.08. The zero-order valence-corrected chi connectivity index (χ0v) is 14.5.